The minimum atomic E-state index is -0.0373. The highest BCUT2D eigenvalue weighted by molar-refractivity contribution is 6.30. The van der Waals surface area contributed by atoms with Crippen LogP contribution in [0.25, 0.3) is 0 Å². The fourth-order valence-corrected chi connectivity index (χ4v) is 3.45. The van der Waals surface area contributed by atoms with Gasteiger partial charge in [0.1, 0.15) is 0 Å². The second kappa shape index (κ2) is 8.39. The van der Waals surface area contributed by atoms with E-state index in [9.17, 15) is 9.59 Å². The predicted octanol–water partition coefficient (Wildman–Crippen LogP) is 2.46. The van der Waals surface area contributed by atoms with Gasteiger partial charge in [0.15, 0.2) is 0 Å². The van der Waals surface area contributed by atoms with E-state index < -0.39 is 0 Å². The average molecular weight is 362 g/mol. The first-order valence-electron chi connectivity index (χ1n) is 8.83. The van der Waals surface area contributed by atoms with E-state index in [2.05, 4.69) is 22.4 Å². The summed E-state index contributed by atoms with van der Waals surface area (Å²) in [5, 5.41) is 3.49. The summed E-state index contributed by atoms with van der Waals surface area (Å²) in [6, 6.07) is 7.75. The van der Waals surface area contributed by atoms with Gasteiger partial charge in [0.2, 0.25) is 11.8 Å². The molecule has 0 aromatic heterocycles. The highest BCUT2D eigenvalue weighted by Gasteiger charge is 2.22. The number of piperazine rings is 1. The lowest BCUT2D eigenvalue weighted by Crippen LogP contribution is -2.51. The summed E-state index contributed by atoms with van der Waals surface area (Å²) >= 11 is 5.92. The molecule has 1 aliphatic heterocycles. The molecule has 3 rings (SSSR count). The molecule has 6 heteroatoms. The van der Waals surface area contributed by atoms with E-state index in [0.29, 0.717) is 25.4 Å². The lowest BCUT2D eigenvalue weighted by Gasteiger charge is -2.36. The van der Waals surface area contributed by atoms with Crippen molar-refractivity contribution in [3.8, 4) is 0 Å². The van der Waals surface area contributed by atoms with Gasteiger partial charge in [0.05, 0.1) is 6.54 Å². The first-order chi connectivity index (χ1) is 12.1. The highest BCUT2D eigenvalue weighted by atomic mass is 35.5. The van der Waals surface area contributed by atoms with Crippen LogP contribution in [0.3, 0.4) is 0 Å². The van der Waals surface area contributed by atoms with Crippen LogP contribution in [0.5, 0.6) is 0 Å². The number of amides is 2. The molecular formula is C19H24ClN3O2. The molecule has 1 fully saturated rings. The zero-order chi connectivity index (χ0) is 17.6. The van der Waals surface area contributed by atoms with Crippen LogP contribution in [0.15, 0.2) is 36.4 Å². The largest absolute Gasteiger partial charge is 0.368 e. The molecular weight excluding hydrogens is 338 g/mol. The molecule has 1 atom stereocenters. The Hall–Kier alpha value is -2.01. The van der Waals surface area contributed by atoms with Gasteiger partial charge in [-0.05, 0) is 43.0 Å². The van der Waals surface area contributed by atoms with Crippen molar-refractivity contribution in [3.05, 3.63) is 41.4 Å². The normalized spacial score (nSPS) is 20.0. The van der Waals surface area contributed by atoms with Crippen molar-refractivity contribution in [2.75, 3.05) is 37.6 Å². The number of hydrogen-bond donors (Lipinski definition) is 1. The van der Waals surface area contributed by atoms with Crippen LogP contribution < -0.4 is 10.2 Å². The molecule has 25 heavy (non-hydrogen) atoms. The number of rotatable bonds is 5. The Kier molecular flexibility index (Phi) is 5.97. The molecule has 1 N–H and O–H groups in total. The quantitative estimate of drug-likeness (QED) is 0.820. The molecule has 0 bridgehead atoms. The molecule has 1 aromatic rings. The van der Waals surface area contributed by atoms with Crippen LogP contribution >= 0.6 is 11.6 Å². The van der Waals surface area contributed by atoms with Crippen molar-refractivity contribution in [3.63, 3.8) is 0 Å². The Balaban J connectivity index is 1.39. The van der Waals surface area contributed by atoms with Crippen molar-refractivity contribution in [2.45, 2.75) is 19.3 Å². The molecule has 1 aromatic carbocycles. The van der Waals surface area contributed by atoms with Gasteiger partial charge >= 0.3 is 0 Å². The van der Waals surface area contributed by atoms with Gasteiger partial charge in [0.25, 0.3) is 0 Å². The van der Waals surface area contributed by atoms with E-state index in [1.54, 1.807) is 0 Å². The number of nitrogens with one attached hydrogen (secondary N) is 1. The van der Waals surface area contributed by atoms with Gasteiger partial charge in [-0.3, -0.25) is 9.59 Å². The third-order valence-corrected chi connectivity index (χ3v) is 5.07. The van der Waals surface area contributed by atoms with E-state index in [0.717, 1.165) is 36.6 Å². The van der Waals surface area contributed by atoms with E-state index in [1.165, 1.54) is 0 Å². The minimum absolute atomic E-state index is 0.00827. The molecule has 2 aliphatic rings. The Morgan fingerprint density at radius 1 is 1.12 bits per heavy atom. The zero-order valence-electron chi connectivity index (χ0n) is 14.3. The van der Waals surface area contributed by atoms with E-state index in [-0.39, 0.29) is 18.4 Å². The Labute approximate surface area is 153 Å². The summed E-state index contributed by atoms with van der Waals surface area (Å²) in [7, 11) is 0. The van der Waals surface area contributed by atoms with Crippen LogP contribution in [-0.2, 0) is 9.59 Å². The number of hydrogen-bond acceptors (Lipinski definition) is 3. The predicted molar refractivity (Wildman–Crippen MR) is 99.7 cm³/mol. The molecule has 134 valence electrons. The van der Waals surface area contributed by atoms with Crippen molar-refractivity contribution in [1.82, 2.24) is 10.2 Å². The van der Waals surface area contributed by atoms with Crippen molar-refractivity contribution >= 4 is 29.1 Å². The van der Waals surface area contributed by atoms with Gasteiger partial charge < -0.3 is 15.1 Å². The van der Waals surface area contributed by atoms with Crippen LogP contribution in [0.2, 0.25) is 5.02 Å². The molecule has 0 spiro atoms. The second-order valence-corrected chi connectivity index (χ2v) is 7.03. The average Bonchev–Trinajstić information content (AvgIpc) is 3.13. The molecule has 1 saturated heterocycles. The maximum absolute atomic E-state index is 12.3. The number of carbonyl (C=O) groups is 2. The molecule has 1 unspecified atom stereocenters. The van der Waals surface area contributed by atoms with Gasteiger partial charge in [-0.25, -0.2) is 0 Å². The van der Waals surface area contributed by atoms with Gasteiger partial charge in [0, 0.05) is 43.3 Å². The SMILES string of the molecule is O=C(CC1C=CCC1)NCC(=O)N1CCN(c2ccc(Cl)cc2)CC1. The van der Waals surface area contributed by atoms with E-state index in [4.69, 9.17) is 11.6 Å². The molecule has 1 aliphatic carbocycles. The smallest absolute Gasteiger partial charge is 0.242 e. The van der Waals surface area contributed by atoms with Crippen molar-refractivity contribution in [1.29, 1.82) is 0 Å². The summed E-state index contributed by atoms with van der Waals surface area (Å²) in [6.45, 7) is 3.00. The number of halogens is 1. The molecule has 2 amide bonds. The number of benzene rings is 1. The Bertz CT molecular complexity index is 637. The lowest BCUT2D eigenvalue weighted by molar-refractivity contribution is -0.133. The number of allylic oxidation sites excluding steroid dienone is 2. The minimum Gasteiger partial charge on any atom is -0.368 e. The summed E-state index contributed by atoms with van der Waals surface area (Å²) in [4.78, 5) is 28.3. The van der Waals surface area contributed by atoms with Gasteiger partial charge in [-0.2, -0.15) is 0 Å². The maximum Gasteiger partial charge on any atom is 0.242 e. The van der Waals surface area contributed by atoms with E-state index in [1.807, 2.05) is 29.2 Å². The third-order valence-electron chi connectivity index (χ3n) is 4.82. The standard InChI is InChI=1S/C19H24ClN3O2/c20-16-5-7-17(8-6-16)22-9-11-23(12-10-22)19(25)14-21-18(24)13-15-3-1-2-4-15/h1,3,5-8,15H,2,4,9-14H2,(H,21,24). The van der Waals surface area contributed by atoms with Crippen LogP contribution in [-0.4, -0.2) is 49.4 Å². The number of anilines is 1. The maximum atomic E-state index is 12.3. The van der Waals surface area contributed by atoms with Crippen molar-refractivity contribution < 1.29 is 9.59 Å². The molecule has 0 radical (unpaired) electrons. The summed E-state index contributed by atoms with van der Waals surface area (Å²) < 4.78 is 0. The molecule has 1 heterocycles. The second-order valence-electron chi connectivity index (χ2n) is 6.59. The highest BCUT2D eigenvalue weighted by Crippen LogP contribution is 2.20. The zero-order valence-corrected chi connectivity index (χ0v) is 15.0. The Morgan fingerprint density at radius 3 is 2.48 bits per heavy atom. The topological polar surface area (TPSA) is 52.7 Å². The summed E-state index contributed by atoms with van der Waals surface area (Å²) in [5.41, 5.74) is 1.12. The first kappa shape index (κ1) is 17.8. The molecule has 5 nitrogen and oxygen atoms in total. The van der Waals surface area contributed by atoms with Gasteiger partial charge in [-0.1, -0.05) is 23.8 Å². The lowest BCUT2D eigenvalue weighted by atomic mass is 10.1. The number of nitrogens with zero attached hydrogens (tertiary/aromatic N) is 2. The summed E-state index contributed by atoms with van der Waals surface area (Å²) in [6.07, 6.45) is 6.78. The summed E-state index contributed by atoms with van der Waals surface area (Å²) in [5.74, 6) is 0.286. The van der Waals surface area contributed by atoms with Crippen LogP contribution in [0, 0.1) is 5.92 Å². The van der Waals surface area contributed by atoms with E-state index >= 15 is 0 Å². The molecule has 0 saturated carbocycles. The van der Waals surface area contributed by atoms with Crippen molar-refractivity contribution in [2.24, 2.45) is 5.92 Å². The van der Waals surface area contributed by atoms with Gasteiger partial charge in [-0.15, -0.1) is 0 Å². The number of carbonyl (C=O) groups excluding carboxylic acids is 2. The van der Waals surface area contributed by atoms with Crippen LogP contribution in [0.4, 0.5) is 5.69 Å². The van der Waals surface area contributed by atoms with Crippen LogP contribution in [0.1, 0.15) is 19.3 Å². The first-order valence-corrected chi connectivity index (χ1v) is 9.21. The third kappa shape index (κ3) is 4.98. The Morgan fingerprint density at radius 2 is 1.84 bits per heavy atom. The monoisotopic (exact) mass is 361 g/mol. The fourth-order valence-electron chi connectivity index (χ4n) is 3.33. The fraction of sp³-hybridized carbons (Fsp3) is 0.474.